The third kappa shape index (κ3) is 3.06. The molecule has 3 aliphatic rings. The summed E-state index contributed by atoms with van der Waals surface area (Å²) in [5, 5.41) is 22.4. The minimum absolute atomic E-state index is 0.0367. The number of aromatic hydroxyl groups is 1. The highest BCUT2D eigenvalue weighted by molar-refractivity contribution is 5.67. The van der Waals surface area contributed by atoms with Crippen molar-refractivity contribution in [2.75, 3.05) is 11.9 Å². The highest BCUT2D eigenvalue weighted by Crippen LogP contribution is 2.42. The molecule has 2 N–H and O–H groups in total. The number of alkyl halides is 1. The summed E-state index contributed by atoms with van der Waals surface area (Å²) in [4.78, 5) is 1.92. The van der Waals surface area contributed by atoms with Crippen LogP contribution in [-0.4, -0.2) is 46.6 Å². The summed E-state index contributed by atoms with van der Waals surface area (Å²) < 4.78 is 14.8. The maximum absolute atomic E-state index is 14.8. The summed E-state index contributed by atoms with van der Waals surface area (Å²) in [5.41, 5.74) is 2.51. The Balaban J connectivity index is 1.35. The van der Waals surface area contributed by atoms with Gasteiger partial charge in [0.2, 0.25) is 0 Å². The van der Waals surface area contributed by atoms with E-state index in [1.165, 1.54) is 18.4 Å². The van der Waals surface area contributed by atoms with Crippen molar-refractivity contribution in [2.45, 2.75) is 62.3 Å². The molecule has 2 bridgehead atoms. The zero-order chi connectivity index (χ0) is 18.5. The predicted octanol–water partition coefficient (Wildman–Crippen LogP) is 3.39. The van der Waals surface area contributed by atoms with E-state index in [9.17, 15) is 9.50 Å². The van der Waals surface area contributed by atoms with Crippen LogP contribution in [0, 0.1) is 0 Å². The lowest BCUT2D eigenvalue weighted by molar-refractivity contribution is 0.176. The number of phenols is 1. The Morgan fingerprint density at radius 3 is 2.67 bits per heavy atom. The summed E-state index contributed by atoms with van der Waals surface area (Å²) in [5.74, 6) is 1.51. The minimum Gasteiger partial charge on any atom is -0.507 e. The Kier molecular flexibility index (Phi) is 4.04. The maximum atomic E-state index is 14.8. The van der Waals surface area contributed by atoms with Crippen molar-refractivity contribution in [1.82, 2.24) is 15.5 Å². The Morgan fingerprint density at radius 2 is 1.96 bits per heavy atom. The van der Waals surface area contributed by atoms with Crippen molar-refractivity contribution in [2.24, 2.45) is 0 Å². The lowest BCUT2D eigenvalue weighted by Gasteiger charge is -2.38. The molecule has 1 aliphatic carbocycles. The van der Waals surface area contributed by atoms with Crippen LogP contribution in [0.5, 0.6) is 5.75 Å². The standard InChI is InChI=1S/C21H25FN4O/c1-26(18-11-14-5-7-17(23-14)21(18)22)20-9-8-16(24-25-20)15-6-4-13(10-19(15)27)12-2-3-12/h4,6,8-10,12,14,17-18,21,23,27H,2-3,5,7,11H2,1H3/t14?,17?,18-,21+/m0/s1. The molecule has 1 aromatic carbocycles. The second-order valence-electron chi connectivity index (χ2n) is 8.23. The van der Waals surface area contributed by atoms with Crippen LogP contribution < -0.4 is 10.2 Å². The number of hydrogen-bond acceptors (Lipinski definition) is 5. The molecule has 3 heterocycles. The molecule has 5 nitrogen and oxygen atoms in total. The topological polar surface area (TPSA) is 61.3 Å². The highest BCUT2D eigenvalue weighted by atomic mass is 19.1. The number of fused-ring (bicyclic) bond motifs is 2. The lowest BCUT2D eigenvalue weighted by Crippen LogP contribution is -2.55. The Labute approximate surface area is 158 Å². The molecule has 3 fully saturated rings. The maximum Gasteiger partial charge on any atom is 0.151 e. The summed E-state index contributed by atoms with van der Waals surface area (Å²) in [6.45, 7) is 0. The van der Waals surface area contributed by atoms with Gasteiger partial charge in [0.1, 0.15) is 11.9 Å². The molecular weight excluding hydrogens is 343 g/mol. The first-order valence-electron chi connectivity index (χ1n) is 9.90. The number of benzene rings is 1. The van der Waals surface area contributed by atoms with Crippen LogP contribution in [0.1, 0.15) is 43.6 Å². The Bertz CT molecular complexity index is 839. The van der Waals surface area contributed by atoms with Crippen molar-refractivity contribution in [3.63, 3.8) is 0 Å². The van der Waals surface area contributed by atoms with Gasteiger partial charge in [0, 0.05) is 24.7 Å². The molecule has 1 aromatic heterocycles. The number of aromatic nitrogens is 2. The fraction of sp³-hybridized carbons (Fsp3) is 0.524. The summed E-state index contributed by atoms with van der Waals surface area (Å²) in [6.07, 6.45) is 4.27. The van der Waals surface area contributed by atoms with Crippen LogP contribution in [0.15, 0.2) is 30.3 Å². The Hall–Kier alpha value is -2.21. The van der Waals surface area contributed by atoms with Gasteiger partial charge in [0.25, 0.3) is 0 Å². The van der Waals surface area contributed by atoms with Crippen molar-refractivity contribution in [1.29, 1.82) is 0 Å². The molecule has 0 spiro atoms. The molecule has 0 radical (unpaired) electrons. The molecular formula is C21H25FN4O. The van der Waals surface area contributed by atoms with Gasteiger partial charge in [-0.05, 0) is 67.9 Å². The van der Waals surface area contributed by atoms with Gasteiger partial charge >= 0.3 is 0 Å². The number of halogens is 1. The van der Waals surface area contributed by atoms with Crippen molar-refractivity contribution in [3.05, 3.63) is 35.9 Å². The van der Waals surface area contributed by atoms with Gasteiger partial charge in [-0.3, -0.25) is 0 Å². The zero-order valence-electron chi connectivity index (χ0n) is 15.5. The molecule has 2 aliphatic heterocycles. The van der Waals surface area contributed by atoms with E-state index in [1.807, 2.05) is 36.2 Å². The molecule has 2 unspecified atom stereocenters. The average molecular weight is 368 g/mol. The first kappa shape index (κ1) is 16.9. The summed E-state index contributed by atoms with van der Waals surface area (Å²) in [6, 6.07) is 9.74. The zero-order valence-corrected chi connectivity index (χ0v) is 15.5. The van der Waals surface area contributed by atoms with E-state index in [-0.39, 0.29) is 17.8 Å². The molecule has 5 rings (SSSR count). The Morgan fingerprint density at radius 1 is 1.11 bits per heavy atom. The number of hydrogen-bond donors (Lipinski definition) is 2. The van der Waals surface area contributed by atoms with Crippen molar-refractivity contribution in [3.8, 4) is 17.0 Å². The summed E-state index contributed by atoms with van der Waals surface area (Å²) in [7, 11) is 1.90. The lowest BCUT2D eigenvalue weighted by atomic mass is 9.96. The second kappa shape index (κ2) is 6.44. The SMILES string of the molecule is CN(c1ccc(-c2ccc(C3CC3)cc2O)nn1)[C@H]1CC2CCC(N2)[C@H]1F. The molecule has 6 heteroatoms. The molecule has 2 saturated heterocycles. The fourth-order valence-corrected chi connectivity index (χ4v) is 4.61. The molecule has 27 heavy (non-hydrogen) atoms. The van der Waals surface area contributed by atoms with E-state index >= 15 is 0 Å². The van der Waals surface area contributed by atoms with E-state index in [0.717, 1.165) is 19.3 Å². The number of phenolic OH excluding ortho intramolecular Hbond substituents is 1. The van der Waals surface area contributed by atoms with Crippen LogP contribution >= 0.6 is 0 Å². The van der Waals surface area contributed by atoms with Gasteiger partial charge in [0.15, 0.2) is 5.82 Å². The van der Waals surface area contributed by atoms with Crippen molar-refractivity contribution >= 4 is 5.82 Å². The third-order valence-corrected chi connectivity index (χ3v) is 6.41. The first-order valence-corrected chi connectivity index (χ1v) is 9.90. The molecule has 2 aromatic rings. The molecule has 0 amide bonds. The quantitative estimate of drug-likeness (QED) is 0.866. The van der Waals surface area contributed by atoms with E-state index < -0.39 is 6.17 Å². The predicted molar refractivity (Wildman–Crippen MR) is 103 cm³/mol. The molecule has 1 saturated carbocycles. The number of piperidine rings is 1. The number of anilines is 1. The van der Waals surface area contributed by atoms with Crippen LogP contribution in [0.2, 0.25) is 0 Å². The average Bonchev–Trinajstić information content (AvgIpc) is 3.46. The van der Waals surface area contributed by atoms with Gasteiger partial charge in [-0.25, -0.2) is 4.39 Å². The van der Waals surface area contributed by atoms with Gasteiger partial charge in [-0.15, -0.1) is 10.2 Å². The largest absolute Gasteiger partial charge is 0.507 e. The molecule has 4 atom stereocenters. The second-order valence-corrected chi connectivity index (χ2v) is 8.23. The van der Waals surface area contributed by atoms with Gasteiger partial charge in [-0.2, -0.15) is 0 Å². The fourth-order valence-electron chi connectivity index (χ4n) is 4.61. The number of rotatable bonds is 4. The van der Waals surface area contributed by atoms with Gasteiger partial charge < -0.3 is 15.3 Å². The van der Waals surface area contributed by atoms with Crippen LogP contribution in [0.3, 0.4) is 0 Å². The first-order chi connectivity index (χ1) is 13.1. The monoisotopic (exact) mass is 368 g/mol. The third-order valence-electron chi connectivity index (χ3n) is 6.41. The van der Waals surface area contributed by atoms with E-state index in [1.54, 1.807) is 0 Å². The molecule has 142 valence electrons. The smallest absolute Gasteiger partial charge is 0.151 e. The normalized spacial score (nSPS) is 29.7. The van der Waals surface area contributed by atoms with Crippen LogP contribution in [0.25, 0.3) is 11.3 Å². The van der Waals surface area contributed by atoms with E-state index in [0.29, 0.717) is 29.0 Å². The van der Waals surface area contributed by atoms with Crippen LogP contribution in [-0.2, 0) is 0 Å². The minimum atomic E-state index is -0.894. The van der Waals surface area contributed by atoms with Crippen molar-refractivity contribution < 1.29 is 9.50 Å². The van der Waals surface area contributed by atoms with E-state index in [2.05, 4.69) is 21.6 Å². The van der Waals surface area contributed by atoms with Gasteiger partial charge in [-0.1, -0.05) is 6.07 Å². The number of nitrogens with one attached hydrogen (secondary N) is 1. The summed E-state index contributed by atoms with van der Waals surface area (Å²) >= 11 is 0. The van der Waals surface area contributed by atoms with Gasteiger partial charge in [0.05, 0.1) is 11.7 Å². The van der Waals surface area contributed by atoms with Crippen LogP contribution in [0.4, 0.5) is 10.2 Å². The number of nitrogens with zero attached hydrogens (tertiary/aromatic N) is 3. The van der Waals surface area contributed by atoms with E-state index in [4.69, 9.17) is 0 Å². The highest BCUT2D eigenvalue weighted by Gasteiger charge is 2.43.